The molecule has 2 heterocycles. The van der Waals surface area contributed by atoms with Crippen LogP contribution in [0.25, 0.3) is 0 Å². The van der Waals surface area contributed by atoms with Crippen molar-refractivity contribution in [2.45, 2.75) is 19.1 Å². The molecule has 2 amide bonds. The molecule has 176 valence electrons. The predicted molar refractivity (Wildman–Crippen MR) is 123 cm³/mol. The lowest BCUT2D eigenvalue weighted by Crippen LogP contribution is -2.37. The number of nitro groups is 2. The Morgan fingerprint density at radius 2 is 1.46 bits per heavy atom. The summed E-state index contributed by atoms with van der Waals surface area (Å²) in [5.41, 5.74) is 1.90. The maximum atomic E-state index is 13.6. The molecule has 0 N–H and O–H groups in total. The first-order valence-corrected chi connectivity index (χ1v) is 10.7. The van der Waals surface area contributed by atoms with Crippen molar-refractivity contribution < 1.29 is 24.3 Å². The van der Waals surface area contributed by atoms with Crippen LogP contribution in [0, 0.1) is 33.1 Å². The Morgan fingerprint density at radius 1 is 0.800 bits per heavy atom. The lowest BCUT2D eigenvalue weighted by molar-refractivity contribution is -0.385. The van der Waals surface area contributed by atoms with E-state index < -0.39 is 39.7 Å². The standard InChI is InChI=1S/C24H18N4O7/c1-14-5-7-15(8-6-14)21-20-22(35-26(21)18-3-2-4-19(13-18)28(33)34)24(30)25(23(20)29)16-9-11-17(12-10-16)27(31)32/h2-13,20-22H,1H3/t20-,21-,22-/m0/s1. The van der Waals surface area contributed by atoms with Gasteiger partial charge in [-0.3, -0.25) is 34.7 Å². The topological polar surface area (TPSA) is 136 Å². The first-order chi connectivity index (χ1) is 16.8. The molecule has 0 bridgehead atoms. The van der Waals surface area contributed by atoms with Crippen LogP contribution in [-0.4, -0.2) is 27.8 Å². The van der Waals surface area contributed by atoms with Crippen LogP contribution in [-0.2, 0) is 14.4 Å². The summed E-state index contributed by atoms with van der Waals surface area (Å²) in [5.74, 6) is -2.06. The molecule has 2 saturated heterocycles. The van der Waals surface area contributed by atoms with Crippen LogP contribution in [0.1, 0.15) is 17.2 Å². The summed E-state index contributed by atoms with van der Waals surface area (Å²) in [6, 6.07) is 17.5. The van der Waals surface area contributed by atoms with E-state index in [0.29, 0.717) is 11.3 Å². The minimum atomic E-state index is -1.16. The zero-order valence-corrected chi connectivity index (χ0v) is 18.3. The number of fused-ring (bicyclic) bond motifs is 1. The van der Waals surface area contributed by atoms with E-state index in [2.05, 4.69) is 0 Å². The number of carbonyl (C=O) groups excluding carboxylic acids is 2. The number of non-ortho nitro benzene ring substituents is 2. The van der Waals surface area contributed by atoms with Crippen molar-refractivity contribution in [1.29, 1.82) is 0 Å². The molecule has 3 aromatic carbocycles. The van der Waals surface area contributed by atoms with Gasteiger partial charge in [-0.25, -0.2) is 9.96 Å². The maximum absolute atomic E-state index is 13.6. The summed E-state index contributed by atoms with van der Waals surface area (Å²) in [6.07, 6.45) is -1.16. The number of hydroxylamine groups is 1. The normalized spacial score (nSPS) is 21.3. The van der Waals surface area contributed by atoms with E-state index in [0.717, 1.165) is 10.5 Å². The quantitative estimate of drug-likeness (QED) is 0.309. The van der Waals surface area contributed by atoms with Gasteiger partial charge in [0.05, 0.1) is 27.3 Å². The number of hydrogen-bond acceptors (Lipinski definition) is 8. The van der Waals surface area contributed by atoms with Gasteiger partial charge in [-0.05, 0) is 30.7 Å². The Labute approximate surface area is 198 Å². The van der Waals surface area contributed by atoms with Gasteiger partial charge in [0, 0.05) is 24.3 Å². The van der Waals surface area contributed by atoms with E-state index >= 15 is 0 Å². The number of imide groups is 1. The first kappa shape index (κ1) is 22.2. The van der Waals surface area contributed by atoms with E-state index in [4.69, 9.17) is 4.84 Å². The highest BCUT2D eigenvalue weighted by Gasteiger charge is 2.60. The van der Waals surface area contributed by atoms with Crippen LogP contribution in [0.3, 0.4) is 0 Å². The van der Waals surface area contributed by atoms with Crippen LogP contribution in [0.4, 0.5) is 22.7 Å². The van der Waals surface area contributed by atoms with Crippen LogP contribution >= 0.6 is 0 Å². The molecule has 0 aromatic heterocycles. The van der Waals surface area contributed by atoms with Gasteiger partial charge in [0.25, 0.3) is 17.3 Å². The highest BCUT2D eigenvalue weighted by molar-refractivity contribution is 6.24. The van der Waals surface area contributed by atoms with E-state index in [1.165, 1.54) is 47.5 Å². The molecule has 11 nitrogen and oxygen atoms in total. The smallest absolute Gasteiger partial charge is 0.271 e. The van der Waals surface area contributed by atoms with E-state index in [9.17, 15) is 29.8 Å². The highest BCUT2D eigenvalue weighted by Crippen LogP contribution is 2.48. The van der Waals surface area contributed by atoms with Gasteiger partial charge in [-0.1, -0.05) is 35.9 Å². The molecule has 35 heavy (non-hydrogen) atoms. The van der Waals surface area contributed by atoms with Gasteiger partial charge in [0.15, 0.2) is 6.10 Å². The average Bonchev–Trinajstić information content (AvgIpc) is 3.35. The van der Waals surface area contributed by atoms with Crippen molar-refractivity contribution in [2.24, 2.45) is 5.92 Å². The van der Waals surface area contributed by atoms with Crippen LogP contribution < -0.4 is 9.96 Å². The summed E-state index contributed by atoms with van der Waals surface area (Å²) in [6.45, 7) is 1.91. The fourth-order valence-corrected chi connectivity index (χ4v) is 4.46. The molecule has 2 fully saturated rings. The molecular formula is C24H18N4O7. The monoisotopic (exact) mass is 474 g/mol. The van der Waals surface area contributed by atoms with Crippen molar-refractivity contribution in [3.05, 3.63) is 104 Å². The molecule has 0 unspecified atom stereocenters. The summed E-state index contributed by atoms with van der Waals surface area (Å²) < 4.78 is 0. The van der Waals surface area contributed by atoms with Crippen molar-refractivity contribution in [3.8, 4) is 0 Å². The molecule has 0 saturated carbocycles. The number of hydrogen-bond donors (Lipinski definition) is 0. The Hall–Kier alpha value is -4.64. The van der Waals surface area contributed by atoms with Gasteiger partial charge in [-0.2, -0.15) is 0 Å². The zero-order chi connectivity index (χ0) is 24.9. The minimum absolute atomic E-state index is 0.157. The molecular weight excluding hydrogens is 456 g/mol. The fraction of sp³-hybridized carbons (Fsp3) is 0.167. The third kappa shape index (κ3) is 3.67. The second-order valence-corrected chi connectivity index (χ2v) is 8.30. The first-order valence-electron chi connectivity index (χ1n) is 10.7. The van der Waals surface area contributed by atoms with Gasteiger partial charge >= 0.3 is 0 Å². The SMILES string of the molecule is Cc1ccc([C@H]2[C@@H]3C(=O)N(c4ccc([N+](=O)[O-])cc4)C(=O)[C@H]3ON2c2cccc([N+](=O)[O-])c2)cc1. The summed E-state index contributed by atoms with van der Waals surface area (Å²) in [5, 5.41) is 23.7. The molecule has 0 aliphatic carbocycles. The summed E-state index contributed by atoms with van der Waals surface area (Å²) >= 11 is 0. The fourth-order valence-electron chi connectivity index (χ4n) is 4.46. The van der Waals surface area contributed by atoms with E-state index in [1.807, 2.05) is 31.2 Å². The molecule has 11 heteroatoms. The molecule has 5 rings (SSSR count). The number of rotatable bonds is 5. The predicted octanol–water partition coefficient (Wildman–Crippen LogP) is 3.86. The Bertz CT molecular complexity index is 1360. The second kappa shape index (κ2) is 8.29. The van der Waals surface area contributed by atoms with Gasteiger partial charge < -0.3 is 0 Å². The van der Waals surface area contributed by atoms with Crippen LogP contribution in [0.2, 0.25) is 0 Å². The van der Waals surface area contributed by atoms with Gasteiger partial charge in [0.2, 0.25) is 5.91 Å². The van der Waals surface area contributed by atoms with Gasteiger partial charge in [0.1, 0.15) is 5.92 Å². The van der Waals surface area contributed by atoms with Crippen LogP contribution in [0.15, 0.2) is 72.8 Å². The number of aryl methyl sites for hydroxylation is 1. The maximum Gasteiger partial charge on any atom is 0.271 e. The Balaban J connectivity index is 1.56. The number of anilines is 2. The molecule has 0 radical (unpaired) electrons. The molecule has 0 spiro atoms. The number of carbonyl (C=O) groups is 2. The minimum Gasteiger partial charge on any atom is -0.273 e. The Morgan fingerprint density at radius 3 is 2.09 bits per heavy atom. The third-order valence-corrected chi connectivity index (χ3v) is 6.15. The highest BCUT2D eigenvalue weighted by atomic mass is 16.7. The van der Waals surface area contributed by atoms with Gasteiger partial charge in [-0.15, -0.1) is 0 Å². The van der Waals surface area contributed by atoms with Crippen molar-refractivity contribution in [1.82, 2.24) is 0 Å². The van der Waals surface area contributed by atoms with Crippen molar-refractivity contribution >= 4 is 34.6 Å². The Kier molecular flexibility index (Phi) is 5.25. The summed E-state index contributed by atoms with van der Waals surface area (Å²) in [4.78, 5) is 55.0. The van der Waals surface area contributed by atoms with Crippen LogP contribution in [0.5, 0.6) is 0 Å². The van der Waals surface area contributed by atoms with E-state index in [1.54, 1.807) is 6.07 Å². The lowest BCUT2D eigenvalue weighted by atomic mass is 9.90. The van der Waals surface area contributed by atoms with E-state index in [-0.39, 0.29) is 17.1 Å². The molecule has 3 atom stereocenters. The number of benzene rings is 3. The lowest BCUT2D eigenvalue weighted by Gasteiger charge is -2.28. The molecule has 2 aliphatic heterocycles. The largest absolute Gasteiger partial charge is 0.273 e. The molecule has 3 aromatic rings. The average molecular weight is 474 g/mol. The molecule has 2 aliphatic rings. The van der Waals surface area contributed by atoms with Crippen molar-refractivity contribution in [3.63, 3.8) is 0 Å². The number of nitro benzene ring substituents is 2. The second-order valence-electron chi connectivity index (χ2n) is 8.30. The third-order valence-electron chi connectivity index (χ3n) is 6.15. The van der Waals surface area contributed by atoms with Crippen molar-refractivity contribution in [2.75, 3.05) is 9.96 Å². The number of amides is 2. The number of nitrogens with zero attached hydrogens (tertiary/aromatic N) is 4. The zero-order valence-electron chi connectivity index (χ0n) is 18.3. The summed E-state index contributed by atoms with van der Waals surface area (Å²) in [7, 11) is 0.